The third-order valence-electron chi connectivity index (χ3n) is 3.07. The number of nitrogens with two attached hydrogens (primary N) is 1. The van der Waals surface area contributed by atoms with Crippen molar-refractivity contribution in [2.75, 3.05) is 13.6 Å². The standard InChI is InChI=1S/C8H18N2/c1-7-4-3-5-8(7,6-9)10-2/h7,10H,3-6,9H2,1-2H3. The normalized spacial score (nSPS) is 40.5. The SMILES string of the molecule is CNC1(CN)CCCC1C. The molecule has 2 nitrogen and oxygen atoms in total. The zero-order valence-corrected chi connectivity index (χ0v) is 6.98. The lowest BCUT2D eigenvalue weighted by Gasteiger charge is -2.31. The van der Waals surface area contributed by atoms with Crippen molar-refractivity contribution >= 4 is 0 Å². The highest BCUT2D eigenvalue weighted by molar-refractivity contribution is 4.97. The van der Waals surface area contributed by atoms with Gasteiger partial charge >= 0.3 is 0 Å². The maximum atomic E-state index is 5.71. The molecule has 1 aliphatic rings. The summed E-state index contributed by atoms with van der Waals surface area (Å²) in [7, 11) is 2.02. The van der Waals surface area contributed by atoms with Gasteiger partial charge in [0.05, 0.1) is 0 Å². The first-order valence-corrected chi connectivity index (χ1v) is 4.14. The summed E-state index contributed by atoms with van der Waals surface area (Å²) in [5, 5.41) is 3.35. The van der Waals surface area contributed by atoms with Crippen molar-refractivity contribution in [2.45, 2.75) is 31.7 Å². The first kappa shape index (κ1) is 8.02. The Morgan fingerprint density at radius 3 is 2.60 bits per heavy atom. The molecule has 0 saturated heterocycles. The lowest BCUT2D eigenvalue weighted by Crippen LogP contribution is -2.51. The van der Waals surface area contributed by atoms with Gasteiger partial charge in [-0.25, -0.2) is 0 Å². The maximum Gasteiger partial charge on any atom is 0.0327 e. The number of hydrogen-bond acceptors (Lipinski definition) is 2. The Balaban J connectivity index is 2.61. The van der Waals surface area contributed by atoms with Gasteiger partial charge in [-0.1, -0.05) is 13.3 Å². The third kappa shape index (κ3) is 1.06. The highest BCUT2D eigenvalue weighted by atomic mass is 15.0. The van der Waals surface area contributed by atoms with Gasteiger partial charge in [0.15, 0.2) is 0 Å². The van der Waals surface area contributed by atoms with Gasteiger partial charge in [-0.2, -0.15) is 0 Å². The van der Waals surface area contributed by atoms with Gasteiger partial charge in [0.1, 0.15) is 0 Å². The topological polar surface area (TPSA) is 38.0 Å². The first-order chi connectivity index (χ1) is 4.75. The highest BCUT2D eigenvalue weighted by Gasteiger charge is 2.37. The summed E-state index contributed by atoms with van der Waals surface area (Å²) in [6.07, 6.45) is 3.92. The monoisotopic (exact) mass is 142 g/mol. The molecule has 2 atom stereocenters. The maximum absolute atomic E-state index is 5.71. The van der Waals surface area contributed by atoms with E-state index in [-0.39, 0.29) is 5.54 Å². The second-order valence-corrected chi connectivity index (χ2v) is 3.40. The Morgan fingerprint density at radius 1 is 1.70 bits per heavy atom. The lowest BCUT2D eigenvalue weighted by atomic mass is 9.89. The highest BCUT2D eigenvalue weighted by Crippen LogP contribution is 2.33. The van der Waals surface area contributed by atoms with Crippen LogP contribution in [0.4, 0.5) is 0 Å². The van der Waals surface area contributed by atoms with Crippen LogP contribution in [0.2, 0.25) is 0 Å². The minimum Gasteiger partial charge on any atom is -0.329 e. The van der Waals surface area contributed by atoms with E-state index in [1.165, 1.54) is 19.3 Å². The van der Waals surface area contributed by atoms with Crippen molar-refractivity contribution in [3.63, 3.8) is 0 Å². The van der Waals surface area contributed by atoms with Gasteiger partial charge in [-0.3, -0.25) is 0 Å². The van der Waals surface area contributed by atoms with Crippen molar-refractivity contribution in [3.05, 3.63) is 0 Å². The van der Waals surface area contributed by atoms with Gasteiger partial charge in [-0.15, -0.1) is 0 Å². The van der Waals surface area contributed by atoms with Crippen LogP contribution in [-0.4, -0.2) is 19.1 Å². The molecule has 1 fully saturated rings. The summed E-state index contributed by atoms with van der Waals surface area (Å²) in [5.41, 5.74) is 5.97. The molecule has 2 unspecified atom stereocenters. The van der Waals surface area contributed by atoms with Gasteiger partial charge in [0, 0.05) is 12.1 Å². The molecule has 0 amide bonds. The first-order valence-electron chi connectivity index (χ1n) is 4.14. The molecule has 1 saturated carbocycles. The zero-order valence-electron chi connectivity index (χ0n) is 6.98. The van der Waals surface area contributed by atoms with Crippen molar-refractivity contribution < 1.29 is 0 Å². The summed E-state index contributed by atoms with van der Waals surface area (Å²) < 4.78 is 0. The molecule has 0 aliphatic heterocycles. The summed E-state index contributed by atoms with van der Waals surface area (Å²) in [6, 6.07) is 0. The Bertz CT molecular complexity index is 108. The van der Waals surface area contributed by atoms with Gasteiger partial charge in [-0.05, 0) is 25.8 Å². The van der Waals surface area contributed by atoms with Crippen LogP contribution >= 0.6 is 0 Å². The Hall–Kier alpha value is -0.0800. The van der Waals surface area contributed by atoms with E-state index in [4.69, 9.17) is 5.73 Å². The summed E-state index contributed by atoms with van der Waals surface area (Å²) >= 11 is 0. The Morgan fingerprint density at radius 2 is 2.40 bits per heavy atom. The number of rotatable bonds is 2. The van der Waals surface area contributed by atoms with E-state index in [2.05, 4.69) is 12.2 Å². The van der Waals surface area contributed by atoms with Crippen molar-refractivity contribution in [2.24, 2.45) is 11.7 Å². The van der Waals surface area contributed by atoms with Crippen molar-refractivity contribution in [1.82, 2.24) is 5.32 Å². The van der Waals surface area contributed by atoms with Crippen LogP contribution in [-0.2, 0) is 0 Å². The molecule has 1 rings (SSSR count). The van der Waals surface area contributed by atoms with Crippen LogP contribution in [0.25, 0.3) is 0 Å². The predicted octanol–water partition coefficient (Wildman–Crippen LogP) is 0.723. The van der Waals surface area contributed by atoms with Crippen LogP contribution < -0.4 is 11.1 Å². The lowest BCUT2D eigenvalue weighted by molar-refractivity contribution is 0.287. The zero-order chi connectivity index (χ0) is 7.61. The van der Waals surface area contributed by atoms with Crippen molar-refractivity contribution in [3.8, 4) is 0 Å². The van der Waals surface area contributed by atoms with Crippen LogP contribution in [0.15, 0.2) is 0 Å². The average molecular weight is 142 g/mol. The molecule has 0 bridgehead atoms. The molecule has 0 aromatic rings. The van der Waals surface area contributed by atoms with Crippen molar-refractivity contribution in [1.29, 1.82) is 0 Å². The molecule has 10 heavy (non-hydrogen) atoms. The molecule has 0 radical (unpaired) electrons. The molecule has 60 valence electrons. The van der Waals surface area contributed by atoms with E-state index in [1.54, 1.807) is 0 Å². The molecular formula is C8H18N2. The molecule has 3 N–H and O–H groups in total. The fourth-order valence-corrected chi connectivity index (χ4v) is 2.02. The minimum absolute atomic E-state index is 0.264. The van der Waals surface area contributed by atoms with E-state index < -0.39 is 0 Å². The quantitative estimate of drug-likeness (QED) is 0.596. The van der Waals surface area contributed by atoms with Crippen LogP contribution in [0, 0.1) is 5.92 Å². The van der Waals surface area contributed by atoms with Gasteiger partial charge in [0.25, 0.3) is 0 Å². The Kier molecular flexibility index (Phi) is 2.32. The molecule has 0 aromatic carbocycles. The molecule has 0 heterocycles. The van der Waals surface area contributed by atoms with Gasteiger partial charge in [0.2, 0.25) is 0 Å². The number of likely N-dealkylation sites (N-methyl/N-ethyl adjacent to an activating group) is 1. The molecule has 0 spiro atoms. The van der Waals surface area contributed by atoms with Crippen LogP contribution in [0.1, 0.15) is 26.2 Å². The fourth-order valence-electron chi connectivity index (χ4n) is 2.02. The van der Waals surface area contributed by atoms with E-state index in [1.807, 2.05) is 7.05 Å². The van der Waals surface area contributed by atoms with Crippen LogP contribution in [0.5, 0.6) is 0 Å². The number of hydrogen-bond donors (Lipinski definition) is 2. The Labute approximate surface area is 63.2 Å². The minimum atomic E-state index is 0.264. The summed E-state index contributed by atoms with van der Waals surface area (Å²) in [5.74, 6) is 0.752. The number of nitrogens with one attached hydrogen (secondary N) is 1. The smallest absolute Gasteiger partial charge is 0.0327 e. The summed E-state index contributed by atoms with van der Waals surface area (Å²) in [4.78, 5) is 0. The molecular weight excluding hydrogens is 124 g/mol. The van der Waals surface area contributed by atoms with E-state index in [0.717, 1.165) is 12.5 Å². The third-order valence-corrected chi connectivity index (χ3v) is 3.07. The molecule has 2 heteroatoms. The van der Waals surface area contributed by atoms with E-state index >= 15 is 0 Å². The largest absolute Gasteiger partial charge is 0.329 e. The predicted molar refractivity (Wildman–Crippen MR) is 43.9 cm³/mol. The van der Waals surface area contributed by atoms with E-state index in [9.17, 15) is 0 Å². The second kappa shape index (κ2) is 2.89. The second-order valence-electron chi connectivity index (χ2n) is 3.40. The van der Waals surface area contributed by atoms with Gasteiger partial charge < -0.3 is 11.1 Å². The van der Waals surface area contributed by atoms with E-state index in [0.29, 0.717) is 0 Å². The summed E-state index contributed by atoms with van der Waals surface area (Å²) in [6.45, 7) is 3.07. The average Bonchev–Trinajstić information content (AvgIpc) is 2.32. The molecule has 1 aliphatic carbocycles. The molecule has 0 aromatic heterocycles. The van der Waals surface area contributed by atoms with Crippen LogP contribution in [0.3, 0.4) is 0 Å². The fraction of sp³-hybridized carbons (Fsp3) is 1.00.